The van der Waals surface area contributed by atoms with Gasteiger partial charge in [-0.25, -0.2) is 0 Å². The number of hydrogen-bond donors (Lipinski definition) is 3. The first-order valence-corrected chi connectivity index (χ1v) is 11.5. The molecule has 31 heavy (non-hydrogen) atoms. The minimum absolute atomic E-state index is 0.0576. The van der Waals surface area contributed by atoms with Crippen molar-refractivity contribution in [1.29, 1.82) is 0 Å². The maximum Gasteiger partial charge on any atom is 0.241 e. The molecular formula is C23H37ClN4O3. The van der Waals surface area contributed by atoms with Crippen LogP contribution < -0.4 is 16.0 Å². The average Bonchev–Trinajstić information content (AvgIpc) is 2.71. The number of nitrogens with zero attached hydrogens (tertiary/aromatic N) is 2. The van der Waals surface area contributed by atoms with E-state index in [1.165, 1.54) is 0 Å². The molecule has 0 aliphatic carbocycles. The summed E-state index contributed by atoms with van der Waals surface area (Å²) >= 11 is 6.30. The molecule has 1 heterocycles. The van der Waals surface area contributed by atoms with E-state index in [4.69, 9.17) is 17.3 Å². The minimum Gasteiger partial charge on any atom is -0.391 e. The van der Waals surface area contributed by atoms with Crippen LogP contribution in [0.3, 0.4) is 0 Å². The Hall–Kier alpha value is -1.67. The Morgan fingerprint density at radius 1 is 1.35 bits per heavy atom. The van der Waals surface area contributed by atoms with Crippen molar-refractivity contribution in [3.63, 3.8) is 0 Å². The highest BCUT2D eigenvalue weighted by Crippen LogP contribution is 2.31. The molecule has 0 saturated carbocycles. The second kappa shape index (κ2) is 11.3. The standard InChI is InChI=1S/C23H37ClN4O3/c1-5-6-11-26-22(31)16(2)12-20(29)18(25)13-27-14-21(30)28(15-23(27,3)4)19-10-8-7-9-17(19)24/h7-10,16,18,20,29H,5-6,11-15,25H2,1-4H3,(H,26,31)/t16-,18+,20+/m1/s1. The van der Waals surface area contributed by atoms with Gasteiger partial charge in [0.2, 0.25) is 11.8 Å². The van der Waals surface area contributed by atoms with E-state index in [1.807, 2.05) is 36.9 Å². The minimum atomic E-state index is -0.834. The van der Waals surface area contributed by atoms with Gasteiger partial charge in [0, 0.05) is 37.1 Å². The van der Waals surface area contributed by atoms with E-state index in [0.29, 0.717) is 30.3 Å². The van der Waals surface area contributed by atoms with Crippen molar-refractivity contribution in [2.75, 3.05) is 31.1 Å². The summed E-state index contributed by atoms with van der Waals surface area (Å²) in [4.78, 5) is 28.7. The number of para-hydroxylation sites is 1. The molecule has 174 valence electrons. The number of amides is 2. The number of piperazine rings is 1. The number of rotatable bonds is 10. The maximum absolute atomic E-state index is 12.9. The van der Waals surface area contributed by atoms with Crippen molar-refractivity contribution in [3.8, 4) is 0 Å². The summed E-state index contributed by atoms with van der Waals surface area (Å²) in [5.74, 6) is -0.453. The van der Waals surface area contributed by atoms with Crippen LogP contribution in [0.25, 0.3) is 0 Å². The highest BCUT2D eigenvalue weighted by molar-refractivity contribution is 6.33. The van der Waals surface area contributed by atoms with E-state index < -0.39 is 12.1 Å². The highest BCUT2D eigenvalue weighted by Gasteiger charge is 2.40. The topological polar surface area (TPSA) is 98.9 Å². The molecule has 0 unspecified atom stereocenters. The number of unbranched alkanes of at least 4 members (excludes halogenated alkanes) is 1. The first-order valence-electron chi connectivity index (χ1n) is 11.1. The molecule has 2 amide bonds. The predicted molar refractivity (Wildman–Crippen MR) is 125 cm³/mol. The first-order chi connectivity index (χ1) is 14.6. The Labute approximate surface area is 190 Å². The van der Waals surface area contributed by atoms with Gasteiger partial charge in [-0.1, -0.05) is 44.0 Å². The van der Waals surface area contributed by atoms with Crippen molar-refractivity contribution in [1.82, 2.24) is 10.2 Å². The van der Waals surface area contributed by atoms with Gasteiger partial charge in [0.25, 0.3) is 0 Å². The molecule has 4 N–H and O–H groups in total. The lowest BCUT2D eigenvalue weighted by Crippen LogP contribution is -2.64. The van der Waals surface area contributed by atoms with Gasteiger partial charge >= 0.3 is 0 Å². The van der Waals surface area contributed by atoms with Gasteiger partial charge in [0.15, 0.2) is 0 Å². The number of carbonyl (C=O) groups excluding carboxylic acids is 2. The third-order valence-corrected chi connectivity index (χ3v) is 6.29. The molecule has 1 aromatic rings. The molecule has 1 saturated heterocycles. The normalized spacial score (nSPS) is 19.7. The van der Waals surface area contributed by atoms with E-state index >= 15 is 0 Å². The summed E-state index contributed by atoms with van der Waals surface area (Å²) in [6.45, 7) is 9.62. The van der Waals surface area contributed by atoms with Gasteiger partial charge in [-0.3, -0.25) is 14.5 Å². The van der Waals surface area contributed by atoms with Gasteiger partial charge in [-0.05, 0) is 38.8 Å². The quantitative estimate of drug-likeness (QED) is 0.473. The number of halogens is 1. The van der Waals surface area contributed by atoms with E-state index in [-0.39, 0.29) is 36.2 Å². The second-order valence-electron chi connectivity index (χ2n) is 9.14. The summed E-state index contributed by atoms with van der Waals surface area (Å²) in [6, 6.07) is 6.75. The largest absolute Gasteiger partial charge is 0.391 e. The van der Waals surface area contributed by atoms with Crippen LogP contribution in [0.15, 0.2) is 24.3 Å². The highest BCUT2D eigenvalue weighted by atomic mass is 35.5. The maximum atomic E-state index is 12.9. The summed E-state index contributed by atoms with van der Waals surface area (Å²) in [5, 5.41) is 14.0. The van der Waals surface area contributed by atoms with Crippen LogP contribution in [0, 0.1) is 5.92 Å². The summed E-state index contributed by atoms with van der Waals surface area (Å²) in [6.07, 6.45) is 1.40. The molecular weight excluding hydrogens is 416 g/mol. The zero-order valence-electron chi connectivity index (χ0n) is 19.1. The van der Waals surface area contributed by atoms with E-state index in [2.05, 4.69) is 12.2 Å². The molecule has 1 aliphatic rings. The Morgan fingerprint density at radius 2 is 2.03 bits per heavy atom. The molecule has 0 radical (unpaired) electrons. The number of carbonyl (C=O) groups is 2. The van der Waals surface area contributed by atoms with Crippen molar-refractivity contribution < 1.29 is 14.7 Å². The van der Waals surface area contributed by atoms with Gasteiger partial charge in [-0.2, -0.15) is 0 Å². The SMILES string of the molecule is CCCCNC(=O)[C@H](C)C[C@H](O)[C@@H](N)CN1CC(=O)N(c2ccccc2Cl)CC1(C)C. The van der Waals surface area contributed by atoms with Crippen LogP contribution in [-0.2, 0) is 9.59 Å². The smallest absolute Gasteiger partial charge is 0.241 e. The van der Waals surface area contributed by atoms with Crippen molar-refractivity contribution >= 4 is 29.1 Å². The van der Waals surface area contributed by atoms with Gasteiger partial charge in [0.05, 0.1) is 23.4 Å². The monoisotopic (exact) mass is 452 g/mol. The van der Waals surface area contributed by atoms with Crippen LogP contribution in [-0.4, -0.2) is 65.7 Å². The number of nitrogens with one attached hydrogen (secondary N) is 1. The number of nitrogens with two attached hydrogens (primary N) is 1. The zero-order chi connectivity index (χ0) is 23.2. The molecule has 1 aliphatic heterocycles. The van der Waals surface area contributed by atoms with Crippen LogP contribution >= 0.6 is 11.6 Å². The fourth-order valence-electron chi connectivity index (χ4n) is 3.82. The molecule has 3 atom stereocenters. The van der Waals surface area contributed by atoms with Gasteiger partial charge in [0.1, 0.15) is 0 Å². The van der Waals surface area contributed by atoms with Crippen LogP contribution in [0.1, 0.15) is 47.0 Å². The second-order valence-corrected chi connectivity index (χ2v) is 9.54. The van der Waals surface area contributed by atoms with Crippen molar-refractivity contribution in [3.05, 3.63) is 29.3 Å². The molecule has 0 spiro atoms. The van der Waals surface area contributed by atoms with Gasteiger partial charge in [-0.15, -0.1) is 0 Å². The molecule has 2 rings (SSSR count). The number of aliphatic hydroxyl groups excluding tert-OH is 1. The Morgan fingerprint density at radius 3 is 2.68 bits per heavy atom. The van der Waals surface area contributed by atoms with Crippen LogP contribution in [0.2, 0.25) is 5.02 Å². The Kier molecular flexibility index (Phi) is 9.30. The van der Waals surface area contributed by atoms with E-state index in [1.54, 1.807) is 17.9 Å². The number of anilines is 1. The number of aliphatic hydroxyl groups is 1. The summed E-state index contributed by atoms with van der Waals surface area (Å²) < 4.78 is 0. The van der Waals surface area contributed by atoms with Gasteiger partial charge < -0.3 is 21.1 Å². The summed E-state index contributed by atoms with van der Waals surface area (Å²) in [5.41, 5.74) is 6.63. The predicted octanol–water partition coefficient (Wildman–Crippen LogP) is 2.40. The fraction of sp³-hybridized carbons (Fsp3) is 0.652. The van der Waals surface area contributed by atoms with E-state index in [9.17, 15) is 14.7 Å². The number of benzene rings is 1. The number of hydrogen-bond acceptors (Lipinski definition) is 5. The summed E-state index contributed by atoms with van der Waals surface area (Å²) in [7, 11) is 0. The molecule has 1 aromatic carbocycles. The first kappa shape index (κ1) is 25.6. The molecule has 8 heteroatoms. The molecule has 0 aromatic heterocycles. The van der Waals surface area contributed by atoms with Crippen molar-refractivity contribution in [2.45, 2.75) is 64.6 Å². The Balaban J connectivity index is 1.95. The van der Waals surface area contributed by atoms with Crippen LogP contribution in [0.4, 0.5) is 5.69 Å². The average molecular weight is 453 g/mol. The van der Waals surface area contributed by atoms with Crippen LogP contribution in [0.5, 0.6) is 0 Å². The Bertz CT molecular complexity index is 758. The zero-order valence-corrected chi connectivity index (χ0v) is 19.9. The van der Waals surface area contributed by atoms with Crippen molar-refractivity contribution in [2.24, 2.45) is 11.7 Å². The lowest BCUT2D eigenvalue weighted by molar-refractivity contribution is -0.125. The fourth-order valence-corrected chi connectivity index (χ4v) is 4.06. The third-order valence-electron chi connectivity index (χ3n) is 5.97. The molecule has 7 nitrogen and oxygen atoms in total. The lowest BCUT2D eigenvalue weighted by Gasteiger charge is -2.47. The van der Waals surface area contributed by atoms with E-state index in [0.717, 1.165) is 12.8 Å². The molecule has 1 fully saturated rings. The third kappa shape index (κ3) is 6.91. The lowest BCUT2D eigenvalue weighted by atomic mass is 9.94. The molecule has 0 bridgehead atoms.